The van der Waals surface area contributed by atoms with Crippen molar-refractivity contribution in [3.05, 3.63) is 42.6 Å². The summed E-state index contributed by atoms with van der Waals surface area (Å²) in [6.45, 7) is 2.87. The van der Waals surface area contributed by atoms with Crippen molar-refractivity contribution in [2.75, 3.05) is 5.32 Å². The largest absolute Gasteiger partial charge is 0.389 e. The molecule has 0 fully saturated rings. The van der Waals surface area contributed by atoms with Crippen molar-refractivity contribution in [2.24, 2.45) is 5.73 Å². The van der Waals surface area contributed by atoms with Gasteiger partial charge in [0.15, 0.2) is 0 Å². The van der Waals surface area contributed by atoms with Gasteiger partial charge in [-0.05, 0) is 19.1 Å². The monoisotopic (exact) mass is 261 g/mol. The van der Waals surface area contributed by atoms with Crippen molar-refractivity contribution >= 4 is 23.0 Å². The number of anilines is 1. The summed E-state index contributed by atoms with van der Waals surface area (Å²) in [5.74, 6) is 0.720. The Morgan fingerprint density at radius 1 is 1.56 bits per heavy atom. The van der Waals surface area contributed by atoms with Crippen LogP contribution in [0.1, 0.15) is 12.5 Å². The number of imidazole rings is 1. The van der Waals surface area contributed by atoms with Gasteiger partial charge in [-0.1, -0.05) is 12.2 Å². The summed E-state index contributed by atoms with van der Waals surface area (Å²) < 4.78 is 2.00. The molecule has 2 heterocycles. The number of nitrogens with two attached hydrogens (primary N) is 1. The molecule has 6 heteroatoms. The minimum absolute atomic E-state index is 0.196. The summed E-state index contributed by atoms with van der Waals surface area (Å²) in [4.78, 5) is 8.62. The lowest BCUT2D eigenvalue weighted by atomic mass is 10.2. The van der Waals surface area contributed by atoms with E-state index in [9.17, 15) is 0 Å². The van der Waals surface area contributed by atoms with Gasteiger partial charge in [-0.15, -0.1) is 0 Å². The molecule has 94 valence electrons. The lowest BCUT2D eigenvalue weighted by Crippen LogP contribution is -2.24. The molecular formula is C12H15N5S. The molecule has 2 aromatic rings. The van der Waals surface area contributed by atoms with E-state index in [1.165, 1.54) is 0 Å². The average molecular weight is 261 g/mol. The molecule has 0 radical (unpaired) electrons. The Bertz CT molecular complexity index is 523. The van der Waals surface area contributed by atoms with E-state index >= 15 is 0 Å². The van der Waals surface area contributed by atoms with Gasteiger partial charge in [-0.25, -0.2) is 9.97 Å². The number of aromatic nitrogens is 3. The van der Waals surface area contributed by atoms with E-state index in [-0.39, 0.29) is 6.04 Å². The van der Waals surface area contributed by atoms with Crippen LogP contribution in [0.25, 0.3) is 0 Å². The van der Waals surface area contributed by atoms with Crippen LogP contribution in [0.3, 0.4) is 0 Å². The average Bonchev–Trinajstić information content (AvgIpc) is 2.82. The van der Waals surface area contributed by atoms with Gasteiger partial charge in [0.05, 0.1) is 11.9 Å². The van der Waals surface area contributed by atoms with Gasteiger partial charge in [0, 0.05) is 31.2 Å². The van der Waals surface area contributed by atoms with Crippen LogP contribution in [-0.2, 0) is 6.54 Å². The highest BCUT2D eigenvalue weighted by Crippen LogP contribution is 2.12. The van der Waals surface area contributed by atoms with Crippen molar-refractivity contribution in [1.82, 2.24) is 14.5 Å². The summed E-state index contributed by atoms with van der Waals surface area (Å²) in [7, 11) is 0. The maximum atomic E-state index is 5.66. The number of rotatable bonds is 5. The molecule has 1 unspecified atom stereocenters. The molecule has 2 rings (SSSR count). The molecule has 0 aliphatic heterocycles. The third kappa shape index (κ3) is 3.04. The second-order valence-electron chi connectivity index (χ2n) is 4.07. The molecule has 0 saturated carbocycles. The maximum absolute atomic E-state index is 5.66. The molecular weight excluding hydrogens is 246 g/mol. The summed E-state index contributed by atoms with van der Waals surface area (Å²) in [5.41, 5.74) is 6.43. The zero-order valence-corrected chi connectivity index (χ0v) is 10.9. The molecule has 0 aromatic carbocycles. The molecule has 0 aliphatic carbocycles. The van der Waals surface area contributed by atoms with Gasteiger partial charge in [0.1, 0.15) is 10.8 Å². The third-order valence-electron chi connectivity index (χ3n) is 2.50. The van der Waals surface area contributed by atoms with E-state index in [0.717, 1.165) is 17.9 Å². The normalized spacial score (nSPS) is 12.1. The molecule has 0 spiro atoms. The van der Waals surface area contributed by atoms with Gasteiger partial charge < -0.3 is 15.6 Å². The first-order chi connectivity index (χ1) is 8.66. The number of hydrogen-bond donors (Lipinski definition) is 2. The molecule has 18 heavy (non-hydrogen) atoms. The van der Waals surface area contributed by atoms with E-state index in [1.54, 1.807) is 18.7 Å². The fourth-order valence-electron chi connectivity index (χ4n) is 1.71. The van der Waals surface area contributed by atoms with Crippen molar-refractivity contribution in [3.63, 3.8) is 0 Å². The van der Waals surface area contributed by atoms with E-state index in [4.69, 9.17) is 18.0 Å². The first-order valence-electron chi connectivity index (χ1n) is 5.64. The van der Waals surface area contributed by atoms with E-state index in [0.29, 0.717) is 4.99 Å². The first-order valence-corrected chi connectivity index (χ1v) is 6.04. The van der Waals surface area contributed by atoms with Crippen LogP contribution >= 0.6 is 12.2 Å². The second kappa shape index (κ2) is 5.59. The zero-order chi connectivity index (χ0) is 13.0. The standard InChI is InChI=1S/C12H15N5S/c1-9(7-17-6-5-14-8-17)16-12-10(11(13)18)3-2-4-15-12/h2-6,8-9H,7H2,1H3,(H2,13,18)(H,15,16). The highest BCUT2D eigenvalue weighted by atomic mass is 32.1. The molecule has 0 amide bonds. The minimum Gasteiger partial charge on any atom is -0.389 e. The van der Waals surface area contributed by atoms with Crippen LogP contribution in [0, 0.1) is 0 Å². The molecule has 0 saturated heterocycles. The smallest absolute Gasteiger partial charge is 0.136 e. The Kier molecular flexibility index (Phi) is 3.88. The van der Waals surface area contributed by atoms with Gasteiger partial charge in [-0.2, -0.15) is 0 Å². The quantitative estimate of drug-likeness (QED) is 0.797. The van der Waals surface area contributed by atoms with Crippen molar-refractivity contribution in [1.29, 1.82) is 0 Å². The third-order valence-corrected chi connectivity index (χ3v) is 2.72. The van der Waals surface area contributed by atoms with Crippen LogP contribution in [0.2, 0.25) is 0 Å². The fourth-order valence-corrected chi connectivity index (χ4v) is 1.87. The molecule has 1 atom stereocenters. The van der Waals surface area contributed by atoms with Crippen LogP contribution in [0.15, 0.2) is 37.1 Å². The lowest BCUT2D eigenvalue weighted by molar-refractivity contribution is 0.617. The fraction of sp³-hybridized carbons (Fsp3) is 0.250. The zero-order valence-electron chi connectivity index (χ0n) is 10.1. The molecule has 3 N–H and O–H groups in total. The number of thiocarbonyl (C=S) groups is 1. The Balaban J connectivity index is 2.07. The minimum atomic E-state index is 0.196. The van der Waals surface area contributed by atoms with Crippen LogP contribution in [0.4, 0.5) is 5.82 Å². The summed E-state index contributed by atoms with van der Waals surface area (Å²) in [6, 6.07) is 3.88. The van der Waals surface area contributed by atoms with Gasteiger partial charge in [0.25, 0.3) is 0 Å². The summed E-state index contributed by atoms with van der Waals surface area (Å²) in [5, 5.41) is 3.30. The Hall–Kier alpha value is -1.95. The summed E-state index contributed by atoms with van der Waals surface area (Å²) >= 11 is 5.00. The van der Waals surface area contributed by atoms with Crippen molar-refractivity contribution < 1.29 is 0 Å². The van der Waals surface area contributed by atoms with Crippen LogP contribution in [-0.4, -0.2) is 25.6 Å². The Labute approximate surface area is 111 Å². The first kappa shape index (κ1) is 12.5. The second-order valence-corrected chi connectivity index (χ2v) is 4.51. The van der Waals surface area contributed by atoms with Crippen molar-refractivity contribution in [2.45, 2.75) is 19.5 Å². The number of hydrogen-bond acceptors (Lipinski definition) is 4. The van der Waals surface area contributed by atoms with Gasteiger partial charge in [-0.3, -0.25) is 0 Å². The molecule has 0 aliphatic rings. The summed E-state index contributed by atoms with van der Waals surface area (Å²) in [6.07, 6.45) is 7.18. The van der Waals surface area contributed by atoms with Gasteiger partial charge >= 0.3 is 0 Å². The highest BCUT2D eigenvalue weighted by molar-refractivity contribution is 7.80. The molecule has 0 bridgehead atoms. The van der Waals surface area contributed by atoms with Gasteiger partial charge in [0.2, 0.25) is 0 Å². The number of nitrogens with one attached hydrogen (secondary N) is 1. The number of pyridine rings is 1. The SMILES string of the molecule is CC(Cn1ccnc1)Nc1ncccc1C(N)=S. The molecule has 5 nitrogen and oxygen atoms in total. The predicted molar refractivity (Wildman–Crippen MR) is 75.4 cm³/mol. The lowest BCUT2D eigenvalue weighted by Gasteiger charge is -2.17. The van der Waals surface area contributed by atoms with Crippen molar-refractivity contribution in [3.8, 4) is 0 Å². The van der Waals surface area contributed by atoms with Crippen LogP contribution < -0.4 is 11.1 Å². The predicted octanol–water partition coefficient (Wildman–Crippen LogP) is 1.41. The van der Waals surface area contributed by atoms with Crippen LogP contribution in [0.5, 0.6) is 0 Å². The van der Waals surface area contributed by atoms with E-state index in [1.807, 2.05) is 22.9 Å². The maximum Gasteiger partial charge on any atom is 0.136 e. The molecule has 2 aromatic heterocycles. The highest BCUT2D eigenvalue weighted by Gasteiger charge is 2.09. The Morgan fingerprint density at radius 2 is 2.39 bits per heavy atom. The number of nitrogens with zero attached hydrogens (tertiary/aromatic N) is 3. The van der Waals surface area contributed by atoms with E-state index < -0.39 is 0 Å². The van der Waals surface area contributed by atoms with E-state index in [2.05, 4.69) is 22.2 Å². The topological polar surface area (TPSA) is 68.8 Å². The Morgan fingerprint density at radius 3 is 3.06 bits per heavy atom.